The van der Waals surface area contributed by atoms with Gasteiger partial charge in [0.2, 0.25) is 0 Å². The number of carbonyl (C=O) groups excluding carboxylic acids is 1. The normalized spacial score (nSPS) is 33.8. The lowest BCUT2D eigenvalue weighted by atomic mass is 9.45. The van der Waals surface area contributed by atoms with Gasteiger partial charge in [0, 0.05) is 35.2 Å². The number of hydrogen-bond acceptors (Lipinski definition) is 8. The molecule has 3 N–H and O–H groups in total. The fraction of sp³-hybridized carbons (Fsp3) is 0.686. The molecule has 6 rings (SSSR count). The van der Waals surface area contributed by atoms with E-state index in [1.54, 1.807) is 19.1 Å². The second-order valence-corrected chi connectivity index (χ2v) is 14.1. The van der Waals surface area contributed by atoms with Crippen LogP contribution in [-0.2, 0) is 16.0 Å². The van der Waals surface area contributed by atoms with Crippen LogP contribution in [0.4, 0.5) is 10.5 Å². The van der Waals surface area contributed by atoms with Crippen molar-refractivity contribution < 1.29 is 23.9 Å². The number of fused-ring (bicyclic) bond motifs is 6. The maximum absolute atomic E-state index is 12.2. The van der Waals surface area contributed by atoms with Gasteiger partial charge in [-0.2, -0.15) is 0 Å². The fourth-order valence-corrected chi connectivity index (χ4v) is 9.56. The molecule has 0 aliphatic heterocycles. The number of nitrogens with one attached hydrogen (secondary N) is 2. The molecule has 4 aliphatic rings. The molecule has 1 amide bonds. The summed E-state index contributed by atoms with van der Waals surface area (Å²) in [7, 11) is 0. The summed E-state index contributed by atoms with van der Waals surface area (Å²) in [6.45, 7) is 8.85. The Balaban J connectivity index is 0.986. The summed E-state index contributed by atoms with van der Waals surface area (Å²) >= 11 is 0. The van der Waals surface area contributed by atoms with E-state index in [2.05, 4.69) is 24.5 Å². The molecule has 9 heteroatoms. The molecule has 240 valence electrons. The van der Waals surface area contributed by atoms with Gasteiger partial charge in [-0.15, -0.1) is 0 Å². The van der Waals surface area contributed by atoms with Crippen molar-refractivity contribution in [3.05, 3.63) is 40.2 Å². The van der Waals surface area contributed by atoms with Crippen LogP contribution < -0.4 is 16.3 Å². The lowest BCUT2D eigenvalue weighted by molar-refractivity contribution is -0.114. The SMILES string of the molecule is CCOC(=O)Nc1ccc2c(CCNCCO/N=C3/CC[C@H]4[C@@H]5CC[C@H]6CC(O)CC[C@]6(C)[C@H]5CC[C@]34C)cc(=O)oc2c1. The van der Waals surface area contributed by atoms with Crippen molar-refractivity contribution in [2.45, 2.75) is 91.1 Å². The van der Waals surface area contributed by atoms with Gasteiger partial charge in [0.1, 0.15) is 12.2 Å². The Morgan fingerprint density at radius 1 is 1.09 bits per heavy atom. The van der Waals surface area contributed by atoms with Crippen LogP contribution in [0.3, 0.4) is 0 Å². The molecule has 1 aromatic carbocycles. The summed E-state index contributed by atoms with van der Waals surface area (Å²) in [5.41, 5.74) is 3.20. The fourth-order valence-electron chi connectivity index (χ4n) is 9.56. The van der Waals surface area contributed by atoms with Crippen molar-refractivity contribution in [3.63, 3.8) is 0 Å². The zero-order valence-corrected chi connectivity index (χ0v) is 26.5. The van der Waals surface area contributed by atoms with Crippen molar-refractivity contribution >= 4 is 28.5 Å². The van der Waals surface area contributed by atoms with E-state index in [1.807, 2.05) is 6.07 Å². The first-order chi connectivity index (χ1) is 21.2. The number of amides is 1. The van der Waals surface area contributed by atoms with Crippen LogP contribution >= 0.6 is 0 Å². The largest absolute Gasteiger partial charge is 0.450 e. The van der Waals surface area contributed by atoms with Crippen molar-refractivity contribution in [1.82, 2.24) is 5.32 Å². The predicted octanol–water partition coefficient (Wildman–Crippen LogP) is 6.27. The predicted molar refractivity (Wildman–Crippen MR) is 171 cm³/mol. The second kappa shape index (κ2) is 12.8. The molecule has 1 aromatic heterocycles. The number of benzene rings is 1. The number of nitrogens with zero attached hydrogens (tertiary/aromatic N) is 1. The van der Waals surface area contributed by atoms with Crippen LogP contribution in [0.2, 0.25) is 0 Å². The van der Waals surface area contributed by atoms with Crippen molar-refractivity contribution in [2.75, 3.05) is 31.6 Å². The first kappa shape index (κ1) is 31.1. The van der Waals surface area contributed by atoms with Crippen molar-refractivity contribution in [1.29, 1.82) is 0 Å². The Morgan fingerprint density at radius 3 is 2.80 bits per heavy atom. The highest BCUT2D eigenvalue weighted by molar-refractivity contribution is 5.92. The highest BCUT2D eigenvalue weighted by Gasteiger charge is 2.59. The molecular formula is C35H49N3O6. The minimum atomic E-state index is -0.547. The topological polar surface area (TPSA) is 122 Å². The van der Waals surface area contributed by atoms with E-state index in [0.717, 1.165) is 42.0 Å². The van der Waals surface area contributed by atoms with Crippen LogP contribution in [0.1, 0.15) is 84.1 Å². The average molecular weight is 608 g/mol. The minimum absolute atomic E-state index is 0.0910. The molecule has 2 aromatic rings. The highest BCUT2D eigenvalue weighted by Crippen LogP contribution is 2.65. The first-order valence-electron chi connectivity index (χ1n) is 16.8. The molecule has 0 bridgehead atoms. The van der Waals surface area contributed by atoms with Gasteiger partial charge in [-0.1, -0.05) is 19.0 Å². The highest BCUT2D eigenvalue weighted by atomic mass is 16.6. The smallest absolute Gasteiger partial charge is 0.411 e. The summed E-state index contributed by atoms with van der Waals surface area (Å²) in [5.74, 6) is 2.94. The van der Waals surface area contributed by atoms with Crippen LogP contribution in [0.5, 0.6) is 0 Å². The summed E-state index contributed by atoms with van der Waals surface area (Å²) in [6, 6.07) is 6.80. The van der Waals surface area contributed by atoms with Gasteiger partial charge >= 0.3 is 11.7 Å². The van der Waals surface area contributed by atoms with Crippen LogP contribution in [0, 0.1) is 34.5 Å². The monoisotopic (exact) mass is 607 g/mol. The third-order valence-corrected chi connectivity index (χ3v) is 11.8. The molecule has 0 radical (unpaired) electrons. The standard InChI is InChI=1S/C35H49N3O6/c1-4-42-33(41)37-24-6-8-26-22(19-32(40)44-30(26)21-24)13-16-36-17-18-43-38-31-10-9-28-27-7-5-23-20-25(39)11-14-34(23,2)29(27)12-15-35(28,31)3/h6,8,19,21,23,25,27-29,36,39H,4-5,7,9-18,20H2,1-3H3,(H,37,41)/b38-31-/t23-,25?,27-,28-,29-,34-,35-/m0/s1. The van der Waals surface area contributed by atoms with Crippen molar-refractivity contribution in [3.8, 4) is 0 Å². The average Bonchev–Trinajstić information content (AvgIpc) is 3.33. The molecular weight excluding hydrogens is 558 g/mol. The molecule has 44 heavy (non-hydrogen) atoms. The number of rotatable bonds is 9. The van der Waals surface area contributed by atoms with Gasteiger partial charge in [-0.05, 0) is 124 Å². The molecule has 0 saturated heterocycles. The van der Waals surface area contributed by atoms with E-state index in [4.69, 9.17) is 19.1 Å². The molecule has 0 spiro atoms. The zero-order valence-electron chi connectivity index (χ0n) is 26.5. The number of aliphatic hydroxyl groups is 1. The quantitative estimate of drug-likeness (QED) is 0.174. The lowest BCUT2D eigenvalue weighted by Crippen LogP contribution is -2.54. The van der Waals surface area contributed by atoms with Gasteiger partial charge in [-0.25, -0.2) is 9.59 Å². The molecule has 4 aliphatic carbocycles. The second-order valence-electron chi connectivity index (χ2n) is 14.1. The van der Waals surface area contributed by atoms with Crippen LogP contribution in [0.15, 0.2) is 38.6 Å². The van der Waals surface area contributed by atoms with Gasteiger partial charge in [0.05, 0.1) is 18.4 Å². The number of ether oxygens (including phenoxy) is 1. The van der Waals surface area contributed by atoms with E-state index in [9.17, 15) is 14.7 Å². The van der Waals surface area contributed by atoms with Gasteiger partial charge < -0.3 is 24.4 Å². The Kier molecular flexibility index (Phi) is 9.07. The zero-order chi connectivity index (χ0) is 30.9. The van der Waals surface area contributed by atoms with E-state index >= 15 is 0 Å². The van der Waals surface area contributed by atoms with E-state index in [1.165, 1.54) is 50.3 Å². The van der Waals surface area contributed by atoms with E-state index in [0.29, 0.717) is 54.6 Å². The molecule has 1 heterocycles. The third kappa shape index (κ3) is 6.02. The summed E-state index contributed by atoms with van der Waals surface area (Å²) in [5, 5.41) is 21.9. The number of anilines is 1. The third-order valence-electron chi connectivity index (χ3n) is 11.8. The van der Waals surface area contributed by atoms with Gasteiger partial charge in [0.25, 0.3) is 0 Å². The lowest BCUT2D eigenvalue weighted by Gasteiger charge is -2.60. The van der Waals surface area contributed by atoms with Crippen LogP contribution in [0.25, 0.3) is 11.0 Å². The van der Waals surface area contributed by atoms with E-state index < -0.39 is 11.7 Å². The molecule has 7 atom stereocenters. The Labute approximate surface area is 260 Å². The van der Waals surface area contributed by atoms with E-state index in [-0.39, 0.29) is 18.1 Å². The maximum atomic E-state index is 12.2. The molecule has 4 fully saturated rings. The number of carbonyl (C=O) groups is 1. The van der Waals surface area contributed by atoms with Crippen LogP contribution in [-0.4, -0.2) is 49.3 Å². The van der Waals surface area contributed by atoms with Crippen molar-refractivity contribution in [2.24, 2.45) is 39.7 Å². The summed E-state index contributed by atoms with van der Waals surface area (Å²) < 4.78 is 10.3. The Bertz CT molecular complexity index is 1440. The number of hydrogen-bond donors (Lipinski definition) is 3. The Hall–Kier alpha value is -2.91. The molecule has 4 saturated carbocycles. The maximum Gasteiger partial charge on any atom is 0.411 e. The molecule has 1 unspecified atom stereocenters. The van der Waals surface area contributed by atoms with Gasteiger partial charge in [-0.3, -0.25) is 5.32 Å². The number of aliphatic hydroxyl groups excluding tert-OH is 1. The summed E-state index contributed by atoms with van der Waals surface area (Å²) in [6.07, 6.45) is 10.5. The summed E-state index contributed by atoms with van der Waals surface area (Å²) in [4.78, 5) is 29.8. The Morgan fingerprint density at radius 2 is 1.95 bits per heavy atom. The first-order valence-corrected chi connectivity index (χ1v) is 16.8. The molecule has 9 nitrogen and oxygen atoms in total. The van der Waals surface area contributed by atoms with Gasteiger partial charge in [0.15, 0.2) is 0 Å². The number of oxime groups is 1. The minimum Gasteiger partial charge on any atom is -0.450 e.